The third-order valence-electron chi connectivity index (χ3n) is 4.21. The van der Waals surface area contributed by atoms with Crippen LogP contribution < -0.4 is 26.2 Å². The number of benzene rings is 2. The Kier molecular flexibility index (Phi) is 8.95. The van der Waals surface area contributed by atoms with Crippen LogP contribution in [0.5, 0.6) is 5.75 Å². The standard InChI is InChI=1S/C22H26N4O4S/c1-4-30-17-8-6-16(7-9-17)21(29)24-22(31)26-25-20(28)12-11-19(27)23-18-10-5-14(2)13-15(18)3/h5-10,13H,4,11-12H2,1-3H3,(H,23,27)(H,25,28)(H2,24,26,29,31). The summed E-state index contributed by atoms with van der Waals surface area (Å²) >= 11 is 5.00. The third-order valence-corrected chi connectivity index (χ3v) is 4.41. The number of hydrogen-bond acceptors (Lipinski definition) is 5. The molecule has 0 unspecified atom stereocenters. The molecule has 0 heterocycles. The van der Waals surface area contributed by atoms with Crippen LogP contribution in [0.3, 0.4) is 0 Å². The monoisotopic (exact) mass is 442 g/mol. The van der Waals surface area contributed by atoms with E-state index in [1.165, 1.54) is 0 Å². The first kappa shape index (κ1) is 23.8. The van der Waals surface area contributed by atoms with Gasteiger partial charge in [0.25, 0.3) is 5.91 Å². The number of anilines is 1. The second-order valence-electron chi connectivity index (χ2n) is 6.78. The maximum Gasteiger partial charge on any atom is 0.257 e. The largest absolute Gasteiger partial charge is 0.494 e. The second-order valence-corrected chi connectivity index (χ2v) is 7.19. The van der Waals surface area contributed by atoms with Crippen molar-refractivity contribution >= 4 is 40.7 Å². The van der Waals surface area contributed by atoms with E-state index in [9.17, 15) is 14.4 Å². The third kappa shape index (κ3) is 8.06. The summed E-state index contributed by atoms with van der Waals surface area (Å²) in [6.07, 6.45) is -0.0364. The Bertz CT molecular complexity index is 960. The van der Waals surface area contributed by atoms with Gasteiger partial charge < -0.3 is 10.1 Å². The molecule has 0 aliphatic heterocycles. The number of carbonyl (C=O) groups is 3. The highest BCUT2D eigenvalue weighted by Gasteiger charge is 2.11. The van der Waals surface area contributed by atoms with Crippen LogP contribution in [0.25, 0.3) is 0 Å². The van der Waals surface area contributed by atoms with Crippen LogP contribution >= 0.6 is 12.2 Å². The summed E-state index contributed by atoms with van der Waals surface area (Å²) in [5.74, 6) is -0.474. The Morgan fingerprint density at radius 2 is 1.61 bits per heavy atom. The lowest BCUT2D eigenvalue weighted by atomic mass is 10.1. The molecule has 0 aromatic heterocycles. The minimum absolute atomic E-state index is 0.00608. The first-order valence-electron chi connectivity index (χ1n) is 9.78. The number of aryl methyl sites for hydroxylation is 2. The van der Waals surface area contributed by atoms with E-state index >= 15 is 0 Å². The van der Waals surface area contributed by atoms with Gasteiger partial charge in [-0.3, -0.25) is 30.6 Å². The van der Waals surface area contributed by atoms with Gasteiger partial charge in [0.1, 0.15) is 5.75 Å². The zero-order valence-corrected chi connectivity index (χ0v) is 18.5. The fraction of sp³-hybridized carbons (Fsp3) is 0.273. The first-order valence-corrected chi connectivity index (χ1v) is 10.2. The smallest absolute Gasteiger partial charge is 0.257 e. The van der Waals surface area contributed by atoms with Crippen LogP contribution in [0, 0.1) is 13.8 Å². The average molecular weight is 443 g/mol. The van der Waals surface area contributed by atoms with E-state index in [1.54, 1.807) is 24.3 Å². The summed E-state index contributed by atoms with van der Waals surface area (Å²) in [6, 6.07) is 12.3. The maximum absolute atomic E-state index is 12.2. The van der Waals surface area contributed by atoms with Crippen molar-refractivity contribution in [3.05, 3.63) is 59.2 Å². The number of rotatable bonds is 7. The minimum atomic E-state index is -0.437. The number of amides is 3. The number of hydrogen-bond donors (Lipinski definition) is 4. The molecule has 0 atom stereocenters. The van der Waals surface area contributed by atoms with E-state index in [2.05, 4.69) is 21.5 Å². The van der Waals surface area contributed by atoms with Crippen LogP contribution in [0.4, 0.5) is 5.69 Å². The van der Waals surface area contributed by atoms with Gasteiger partial charge in [-0.15, -0.1) is 0 Å². The zero-order valence-electron chi connectivity index (χ0n) is 17.7. The van der Waals surface area contributed by atoms with Gasteiger partial charge >= 0.3 is 0 Å². The molecule has 2 rings (SSSR count). The van der Waals surface area contributed by atoms with Crippen LogP contribution in [-0.4, -0.2) is 29.4 Å². The summed E-state index contributed by atoms with van der Waals surface area (Å²) in [4.78, 5) is 36.1. The molecule has 0 spiro atoms. The summed E-state index contributed by atoms with van der Waals surface area (Å²) < 4.78 is 5.32. The van der Waals surface area contributed by atoms with Gasteiger partial charge in [-0.1, -0.05) is 17.7 Å². The normalized spacial score (nSPS) is 10.0. The minimum Gasteiger partial charge on any atom is -0.494 e. The Hall–Kier alpha value is -3.46. The first-order chi connectivity index (χ1) is 14.8. The number of nitrogens with one attached hydrogen (secondary N) is 4. The zero-order chi connectivity index (χ0) is 22.8. The van der Waals surface area contributed by atoms with Crippen LogP contribution in [0.1, 0.15) is 41.3 Å². The van der Waals surface area contributed by atoms with Gasteiger partial charge in [0.05, 0.1) is 6.61 Å². The molecule has 0 radical (unpaired) electrons. The van der Waals surface area contributed by atoms with Crippen molar-refractivity contribution in [2.75, 3.05) is 11.9 Å². The highest BCUT2D eigenvalue weighted by Crippen LogP contribution is 2.16. The van der Waals surface area contributed by atoms with E-state index in [4.69, 9.17) is 17.0 Å². The number of hydrazine groups is 1. The van der Waals surface area contributed by atoms with E-state index in [0.717, 1.165) is 11.1 Å². The van der Waals surface area contributed by atoms with E-state index in [0.29, 0.717) is 23.6 Å². The molecule has 3 amide bonds. The number of ether oxygens (including phenoxy) is 1. The lowest BCUT2D eigenvalue weighted by Crippen LogP contribution is -2.48. The van der Waals surface area contributed by atoms with Gasteiger partial charge in [-0.05, 0) is 68.9 Å². The molecule has 0 bridgehead atoms. The molecule has 0 saturated carbocycles. The highest BCUT2D eigenvalue weighted by molar-refractivity contribution is 7.80. The molecule has 164 valence electrons. The predicted octanol–water partition coefficient (Wildman–Crippen LogP) is 2.76. The van der Waals surface area contributed by atoms with E-state index in [1.807, 2.05) is 39.0 Å². The second kappa shape index (κ2) is 11.7. The van der Waals surface area contributed by atoms with E-state index < -0.39 is 11.8 Å². The summed E-state index contributed by atoms with van der Waals surface area (Å²) in [5, 5.41) is 5.18. The lowest BCUT2D eigenvalue weighted by molar-refractivity contribution is -0.124. The molecule has 8 nitrogen and oxygen atoms in total. The molecule has 9 heteroatoms. The fourth-order valence-corrected chi connectivity index (χ4v) is 2.80. The molecule has 2 aromatic rings. The van der Waals surface area contributed by atoms with Crippen molar-refractivity contribution in [1.29, 1.82) is 0 Å². The van der Waals surface area contributed by atoms with Crippen LogP contribution in [0.2, 0.25) is 0 Å². The van der Waals surface area contributed by atoms with Crippen molar-refractivity contribution in [3.8, 4) is 5.75 Å². The maximum atomic E-state index is 12.2. The average Bonchev–Trinajstić information content (AvgIpc) is 2.73. The van der Waals surface area contributed by atoms with Crippen molar-refractivity contribution in [3.63, 3.8) is 0 Å². The summed E-state index contributed by atoms with van der Waals surface area (Å²) in [5.41, 5.74) is 7.97. The molecule has 0 fully saturated rings. The molecule has 2 aromatic carbocycles. The lowest BCUT2D eigenvalue weighted by Gasteiger charge is -2.12. The van der Waals surface area contributed by atoms with Crippen molar-refractivity contribution < 1.29 is 19.1 Å². The predicted molar refractivity (Wildman–Crippen MR) is 123 cm³/mol. The Morgan fingerprint density at radius 3 is 2.26 bits per heavy atom. The SMILES string of the molecule is CCOc1ccc(C(=O)NC(=S)NNC(=O)CCC(=O)Nc2ccc(C)cc2C)cc1. The molecular formula is C22H26N4O4S. The highest BCUT2D eigenvalue weighted by atomic mass is 32.1. The van der Waals surface area contributed by atoms with E-state index in [-0.39, 0.29) is 23.9 Å². The molecule has 0 saturated heterocycles. The topological polar surface area (TPSA) is 109 Å². The van der Waals surface area contributed by atoms with Crippen molar-refractivity contribution in [2.45, 2.75) is 33.6 Å². The Labute approximate surface area is 186 Å². The van der Waals surface area contributed by atoms with Crippen molar-refractivity contribution in [2.24, 2.45) is 0 Å². The van der Waals surface area contributed by atoms with Gasteiger partial charge in [0.15, 0.2) is 5.11 Å². The summed E-state index contributed by atoms with van der Waals surface area (Å²) in [6.45, 7) is 6.28. The van der Waals surface area contributed by atoms with Gasteiger partial charge in [0, 0.05) is 24.1 Å². The molecule has 0 aliphatic rings. The van der Waals surface area contributed by atoms with Gasteiger partial charge in [-0.25, -0.2) is 0 Å². The quantitative estimate of drug-likeness (QED) is 0.388. The van der Waals surface area contributed by atoms with Gasteiger partial charge in [0.2, 0.25) is 11.8 Å². The Balaban J connectivity index is 1.70. The van der Waals surface area contributed by atoms with Crippen LogP contribution in [-0.2, 0) is 9.59 Å². The molecule has 31 heavy (non-hydrogen) atoms. The molecule has 0 aliphatic carbocycles. The Morgan fingerprint density at radius 1 is 0.935 bits per heavy atom. The number of carbonyl (C=O) groups excluding carboxylic acids is 3. The number of thiocarbonyl (C=S) groups is 1. The fourth-order valence-electron chi connectivity index (χ4n) is 2.66. The molecular weight excluding hydrogens is 416 g/mol. The van der Waals surface area contributed by atoms with Crippen molar-refractivity contribution in [1.82, 2.24) is 16.2 Å². The summed E-state index contributed by atoms with van der Waals surface area (Å²) in [7, 11) is 0. The molecule has 4 N–H and O–H groups in total. The van der Waals surface area contributed by atoms with Crippen LogP contribution in [0.15, 0.2) is 42.5 Å². The van der Waals surface area contributed by atoms with Gasteiger partial charge in [-0.2, -0.15) is 0 Å².